The summed E-state index contributed by atoms with van der Waals surface area (Å²) in [6, 6.07) is 69.1. The number of anilines is 4. The number of carbonyl (C=O) groups is 4. The Morgan fingerprint density at radius 3 is 1.30 bits per heavy atom. The lowest BCUT2D eigenvalue weighted by molar-refractivity contribution is 0.0322. The van der Waals surface area contributed by atoms with Crippen molar-refractivity contribution in [3.05, 3.63) is 338 Å². The van der Waals surface area contributed by atoms with Gasteiger partial charge in [0.15, 0.2) is 0 Å². The van der Waals surface area contributed by atoms with Crippen LogP contribution in [0, 0.1) is 92.5 Å². The molecule has 0 unspecified atom stereocenters. The average molecular weight is 1910 g/mol. The number of hydrogen-bond donors (Lipinski definition) is 7. The normalized spacial score (nSPS) is 12.8. The number of pyridine rings is 2. The van der Waals surface area contributed by atoms with Crippen molar-refractivity contribution in [3.63, 3.8) is 0 Å². The summed E-state index contributed by atoms with van der Waals surface area (Å²) in [6.45, 7) is 41.8. The Hall–Kier alpha value is -15.2. The number of nitrogens with one attached hydrogen (secondary N) is 4. The van der Waals surface area contributed by atoms with Crippen LogP contribution in [-0.4, -0.2) is 158 Å². The van der Waals surface area contributed by atoms with Gasteiger partial charge in [0.25, 0.3) is 0 Å². The number of aryl methyl sites for hydroxylation is 8. The van der Waals surface area contributed by atoms with Gasteiger partial charge in [0.05, 0.1) is 94.1 Å². The molecular formula is C114H118F4N12O11. The topological polar surface area (TPSA) is 282 Å². The van der Waals surface area contributed by atoms with Crippen molar-refractivity contribution in [2.45, 2.75) is 122 Å². The van der Waals surface area contributed by atoms with Gasteiger partial charge in [0.1, 0.15) is 65.4 Å². The maximum atomic E-state index is 13.5. The Morgan fingerprint density at radius 2 is 0.830 bits per heavy atom. The first-order valence-electron chi connectivity index (χ1n) is 46.8. The summed E-state index contributed by atoms with van der Waals surface area (Å²) in [5, 5.41) is 54.7. The smallest absolute Gasteiger partial charge is 0.336 e. The lowest BCUT2D eigenvalue weighted by Crippen LogP contribution is -2.38. The van der Waals surface area contributed by atoms with E-state index in [-0.39, 0.29) is 39.8 Å². The summed E-state index contributed by atoms with van der Waals surface area (Å²) >= 11 is 0. The molecule has 0 aliphatic carbocycles. The molecule has 0 radical (unpaired) electrons. The molecule has 0 spiro atoms. The summed E-state index contributed by atoms with van der Waals surface area (Å²) < 4.78 is 80.0. The predicted molar refractivity (Wildman–Crippen MR) is 552 cm³/mol. The third-order valence-electron chi connectivity index (χ3n) is 24.9. The molecule has 27 heteroatoms. The van der Waals surface area contributed by atoms with E-state index in [1.165, 1.54) is 71.3 Å². The minimum Gasteiger partial charge on any atom is -0.508 e. The summed E-state index contributed by atoms with van der Waals surface area (Å²) in [4.78, 5) is 63.8. The highest BCUT2D eigenvalue weighted by Gasteiger charge is 2.28. The number of phenolic OH excluding ortho intramolecular Hbond substituents is 1. The number of carboxylic acid groups (broad SMARTS) is 2. The molecule has 0 bridgehead atoms. The molecule has 16 aromatic rings. The molecular weight excluding hydrogens is 1790 g/mol. The largest absolute Gasteiger partial charge is 0.508 e. The zero-order valence-electron chi connectivity index (χ0n) is 82.2. The maximum Gasteiger partial charge on any atom is 0.336 e. The van der Waals surface area contributed by atoms with Gasteiger partial charge in [-0.15, -0.1) is 0 Å². The monoisotopic (exact) mass is 1910 g/mol. The third kappa shape index (κ3) is 25.1. The molecule has 4 aromatic heterocycles. The lowest BCUT2D eigenvalue weighted by Gasteiger charge is -2.26. The highest BCUT2D eigenvalue weighted by molar-refractivity contribution is 6.10. The highest BCUT2D eigenvalue weighted by Crippen LogP contribution is 2.39. The number of halogens is 4. The average Bonchev–Trinajstić information content (AvgIpc) is 1.28. The van der Waals surface area contributed by atoms with Crippen LogP contribution in [0.25, 0.3) is 88.4 Å². The number of nitrogens with zero attached hydrogens (tertiary/aromatic N) is 8. The van der Waals surface area contributed by atoms with Gasteiger partial charge < -0.3 is 44.9 Å². The van der Waals surface area contributed by atoms with Crippen LogP contribution in [0.5, 0.6) is 17.2 Å². The second-order valence-corrected chi connectivity index (χ2v) is 37.4. The quantitative estimate of drug-likeness (QED) is 0.0370. The van der Waals surface area contributed by atoms with Crippen molar-refractivity contribution in [2.75, 3.05) is 100 Å². The molecule has 141 heavy (non-hydrogen) atoms. The number of amides is 4. The number of carbonyl (C=O) groups excluding carboxylic acids is 2. The first kappa shape index (κ1) is 102. The number of aromatic nitrogens is 6. The summed E-state index contributed by atoms with van der Waals surface area (Å²) in [5.74, 6) is -1.32. The van der Waals surface area contributed by atoms with Crippen LogP contribution in [0.3, 0.4) is 0 Å². The second kappa shape index (κ2) is 44.8. The number of phenols is 1. The van der Waals surface area contributed by atoms with E-state index in [0.717, 1.165) is 161 Å². The minimum atomic E-state index is -1.08. The maximum absolute atomic E-state index is 13.5. The molecule has 0 atom stereocenters. The fourth-order valence-corrected chi connectivity index (χ4v) is 16.6. The van der Waals surface area contributed by atoms with Gasteiger partial charge in [0, 0.05) is 117 Å². The van der Waals surface area contributed by atoms with Gasteiger partial charge >= 0.3 is 24.0 Å². The Kier molecular flexibility index (Phi) is 32.3. The van der Waals surface area contributed by atoms with Crippen LogP contribution in [0.4, 0.5) is 50.2 Å². The van der Waals surface area contributed by atoms with Crippen LogP contribution >= 0.6 is 0 Å². The summed E-state index contributed by atoms with van der Waals surface area (Å²) in [7, 11) is 0. The number of benzene rings is 12. The Bertz CT molecular complexity index is 7320. The van der Waals surface area contributed by atoms with E-state index in [0.29, 0.717) is 97.2 Å². The number of rotatable bonds is 19. The van der Waals surface area contributed by atoms with Gasteiger partial charge in [-0.2, -0.15) is 10.2 Å². The van der Waals surface area contributed by atoms with Crippen molar-refractivity contribution in [3.8, 4) is 62.3 Å². The predicted octanol–water partition coefficient (Wildman–Crippen LogP) is 25.3. The fraction of sp³-hybridized carbons (Fsp3) is 0.263. The van der Waals surface area contributed by atoms with Gasteiger partial charge in [-0.05, 0) is 229 Å². The van der Waals surface area contributed by atoms with Crippen molar-refractivity contribution >= 4 is 90.4 Å². The molecule has 2 aliphatic heterocycles. The second-order valence-electron chi connectivity index (χ2n) is 37.4. The zero-order chi connectivity index (χ0) is 101. The standard InChI is InChI=1S/2C32H39N5O3.C19H16FNO2.C18H14FNO2.C13H10F2O/c1-22-10-12-27(23(2)20-22)37-30(21-29(35-37)32(3,4)5)34-31(38)33-26-11-13-28(25-9-7-6-8-24(25)26)40-19-16-36-14-17-39-18-15-36;1-22-10-11-24(20-23(22)2)37-30(21-29(35-37)32(3,4)5)34-31(38)33-27-12-13-28(26-9-7-6-8-25(26)27)40-19-16-36-14-17-39-18-15-36;1-10-4-5-13(8-11(10)2)18-12(3)17(19(22)23)15-9-14(20)6-7-16(15)21-18;1-10-3-5-12(6-4-10)17-11(2)16(18(21)22)14-9-13(19)7-8-15(14)20-17;1-8-6-9(2-5-13(8)16)11-4-3-10(14)7-12(11)15/h2*6-13,20-21H,14-19H2,1-5H3,(H2,33,34,38);4-9H,1-3H3,(H,22,23);3-9H,1-2H3,(H,21,22);2-7,16H,1H3. The van der Waals surface area contributed by atoms with E-state index in [4.69, 9.17) is 29.1 Å². The number of aromatic hydroxyl groups is 1. The minimum absolute atomic E-state index is 0.0973. The molecule has 2 fully saturated rings. The highest BCUT2D eigenvalue weighted by atomic mass is 19.1. The molecule has 2 saturated heterocycles. The van der Waals surface area contributed by atoms with E-state index < -0.39 is 35.2 Å². The van der Waals surface area contributed by atoms with Crippen LogP contribution in [0.15, 0.2) is 237 Å². The number of morpholine rings is 2. The number of hydrogen-bond acceptors (Lipinski definition) is 15. The number of urea groups is 2. The Morgan fingerprint density at radius 1 is 0.397 bits per heavy atom. The van der Waals surface area contributed by atoms with Crippen LogP contribution < -0.4 is 30.7 Å². The van der Waals surface area contributed by atoms with Gasteiger partial charge in [-0.1, -0.05) is 162 Å². The molecule has 12 aromatic carbocycles. The molecule has 23 nitrogen and oxygen atoms in total. The van der Waals surface area contributed by atoms with Crippen molar-refractivity contribution in [2.24, 2.45) is 0 Å². The number of aromatic carboxylic acids is 2. The van der Waals surface area contributed by atoms with Gasteiger partial charge in [-0.3, -0.25) is 20.4 Å². The van der Waals surface area contributed by atoms with Crippen LogP contribution in [0.2, 0.25) is 0 Å². The number of fused-ring (bicyclic) bond motifs is 4. The molecule has 18 rings (SSSR count). The van der Waals surface area contributed by atoms with Crippen LogP contribution in [-0.2, 0) is 20.3 Å². The zero-order valence-corrected chi connectivity index (χ0v) is 82.2. The van der Waals surface area contributed by atoms with E-state index in [1.54, 1.807) is 37.6 Å². The molecule has 4 amide bonds. The fourth-order valence-electron chi connectivity index (χ4n) is 16.6. The van der Waals surface area contributed by atoms with Crippen molar-refractivity contribution in [1.82, 2.24) is 39.3 Å². The van der Waals surface area contributed by atoms with Gasteiger partial charge in [-0.25, -0.2) is 56.1 Å². The Balaban J connectivity index is 0.000000146. The van der Waals surface area contributed by atoms with Crippen molar-refractivity contribution in [1.29, 1.82) is 0 Å². The lowest BCUT2D eigenvalue weighted by atomic mass is 9.92. The molecule has 0 saturated carbocycles. The molecule has 728 valence electrons. The van der Waals surface area contributed by atoms with E-state index in [9.17, 15) is 52.1 Å². The SMILES string of the molecule is Cc1cc(-c2ccc(F)cc2F)ccc1O.Cc1ccc(-c2nc3ccc(F)cc3c(C(=O)O)c2C)cc1.Cc1ccc(-c2nc3ccc(F)cc3c(C(=O)O)c2C)cc1C.Cc1ccc(-n2nc(C(C)(C)C)cc2NC(=O)Nc2ccc(OCCN3CCOCC3)c3ccccc23)c(C)c1.Cc1ccc(-n2nc(C(C)(C)C)cc2NC(=O)Nc2ccc(OCCN3CCOCC3)c3ccccc23)cc1C. The summed E-state index contributed by atoms with van der Waals surface area (Å²) in [5.41, 5.74) is 19.5. The molecule has 6 heterocycles. The third-order valence-corrected chi connectivity index (χ3v) is 24.9. The first-order valence-corrected chi connectivity index (χ1v) is 46.8. The molecule has 2 aliphatic rings. The summed E-state index contributed by atoms with van der Waals surface area (Å²) in [6.07, 6.45) is 0. The van der Waals surface area contributed by atoms with Crippen LogP contribution in [0.1, 0.15) is 129 Å². The van der Waals surface area contributed by atoms with Gasteiger partial charge in [0.2, 0.25) is 0 Å². The number of carboxylic acids is 2. The van der Waals surface area contributed by atoms with E-state index in [1.807, 2.05) is 165 Å². The number of ether oxygens (including phenoxy) is 4. The first-order chi connectivity index (χ1) is 67.3. The van der Waals surface area contributed by atoms with Crippen molar-refractivity contribution < 1.29 is 71.0 Å². The van der Waals surface area contributed by atoms with E-state index >= 15 is 0 Å². The van der Waals surface area contributed by atoms with E-state index in [2.05, 4.69) is 135 Å². The molecule has 7 N–H and O–H groups in total. The Labute approximate surface area is 818 Å².